The van der Waals surface area contributed by atoms with E-state index in [1.54, 1.807) is 22.2 Å². The maximum absolute atomic E-state index is 5.85. The highest BCUT2D eigenvalue weighted by Crippen LogP contribution is 2.26. The Labute approximate surface area is 129 Å². The lowest BCUT2D eigenvalue weighted by molar-refractivity contribution is 0.799. The van der Waals surface area contributed by atoms with E-state index in [0.717, 1.165) is 26.6 Å². The maximum atomic E-state index is 5.85. The van der Waals surface area contributed by atoms with Crippen LogP contribution in [0.4, 0.5) is 5.95 Å². The smallest absolute Gasteiger partial charge is 0.222 e. The first-order valence-electron chi connectivity index (χ1n) is 6.59. The highest BCUT2D eigenvalue weighted by molar-refractivity contribution is 7.15. The summed E-state index contributed by atoms with van der Waals surface area (Å²) in [4.78, 5) is 13.7. The van der Waals surface area contributed by atoms with E-state index >= 15 is 0 Å². The fourth-order valence-electron chi connectivity index (χ4n) is 2.21. The lowest BCUT2D eigenvalue weighted by atomic mass is 10.3. The van der Waals surface area contributed by atoms with Crippen molar-refractivity contribution in [3.63, 3.8) is 0 Å². The van der Waals surface area contributed by atoms with Gasteiger partial charge in [-0.25, -0.2) is 9.97 Å². The Bertz CT molecular complexity index is 972. The van der Waals surface area contributed by atoms with E-state index in [1.165, 1.54) is 0 Å². The van der Waals surface area contributed by atoms with Gasteiger partial charge in [0.05, 0.1) is 21.1 Å². The molecule has 0 atom stereocenters. The summed E-state index contributed by atoms with van der Waals surface area (Å²) >= 11 is 1.56. The molecule has 1 aromatic carbocycles. The highest BCUT2D eigenvalue weighted by Gasteiger charge is 2.12. The molecule has 0 amide bonds. The molecule has 4 aromatic rings. The second-order valence-electron chi connectivity index (χ2n) is 4.70. The number of anilines is 1. The van der Waals surface area contributed by atoms with Crippen molar-refractivity contribution in [2.75, 3.05) is 5.73 Å². The van der Waals surface area contributed by atoms with Gasteiger partial charge in [-0.1, -0.05) is 17.3 Å². The van der Waals surface area contributed by atoms with Gasteiger partial charge in [-0.3, -0.25) is 0 Å². The normalized spacial score (nSPS) is 11.1. The Morgan fingerprint density at radius 2 is 2.05 bits per heavy atom. The zero-order valence-corrected chi connectivity index (χ0v) is 12.4. The number of benzene rings is 1. The quantitative estimate of drug-likeness (QED) is 0.610. The van der Waals surface area contributed by atoms with Crippen molar-refractivity contribution in [1.82, 2.24) is 29.9 Å². The summed E-state index contributed by atoms with van der Waals surface area (Å²) in [6.45, 7) is 1.95. The van der Waals surface area contributed by atoms with Crippen LogP contribution in [0.3, 0.4) is 0 Å². The first-order chi connectivity index (χ1) is 10.7. The van der Waals surface area contributed by atoms with E-state index in [2.05, 4.69) is 25.3 Å². The maximum Gasteiger partial charge on any atom is 0.222 e. The van der Waals surface area contributed by atoms with E-state index in [4.69, 9.17) is 5.73 Å². The van der Waals surface area contributed by atoms with Crippen molar-refractivity contribution in [2.24, 2.45) is 0 Å². The molecule has 0 saturated heterocycles. The summed E-state index contributed by atoms with van der Waals surface area (Å²) in [6.07, 6.45) is 1.78. The Balaban J connectivity index is 1.90. The van der Waals surface area contributed by atoms with Crippen LogP contribution in [0.2, 0.25) is 0 Å². The number of para-hydroxylation sites is 1. The van der Waals surface area contributed by atoms with Gasteiger partial charge in [-0.05, 0) is 19.1 Å². The number of rotatable bonds is 2. The van der Waals surface area contributed by atoms with Gasteiger partial charge in [0.2, 0.25) is 5.95 Å². The molecule has 7 nitrogen and oxygen atoms in total. The summed E-state index contributed by atoms with van der Waals surface area (Å²) in [6, 6.07) is 9.52. The Kier molecular flexibility index (Phi) is 2.83. The predicted octanol–water partition coefficient (Wildman–Crippen LogP) is 2.22. The molecule has 8 heteroatoms. The molecule has 0 unspecified atom stereocenters. The lowest BCUT2D eigenvalue weighted by Crippen LogP contribution is -2.05. The summed E-state index contributed by atoms with van der Waals surface area (Å²) in [7, 11) is 0. The molecule has 0 aliphatic heterocycles. The number of nitrogens with two attached hydrogens (primary N) is 1. The van der Waals surface area contributed by atoms with Crippen LogP contribution >= 0.6 is 11.3 Å². The molecule has 108 valence electrons. The van der Waals surface area contributed by atoms with Crippen LogP contribution in [0.5, 0.6) is 0 Å². The molecule has 22 heavy (non-hydrogen) atoms. The van der Waals surface area contributed by atoms with Gasteiger partial charge in [0.25, 0.3) is 0 Å². The highest BCUT2D eigenvalue weighted by atomic mass is 32.1. The van der Waals surface area contributed by atoms with Gasteiger partial charge < -0.3 is 5.73 Å². The minimum Gasteiger partial charge on any atom is -0.368 e. The predicted molar refractivity (Wildman–Crippen MR) is 84.7 cm³/mol. The van der Waals surface area contributed by atoms with Gasteiger partial charge >= 0.3 is 0 Å². The third kappa shape index (κ3) is 2.09. The Hall–Kier alpha value is -2.87. The number of nitrogen functional groups attached to an aromatic ring is 1. The number of thiazole rings is 1. The van der Waals surface area contributed by atoms with Gasteiger partial charge in [0.15, 0.2) is 5.82 Å². The largest absolute Gasteiger partial charge is 0.368 e. The minimum absolute atomic E-state index is 0.193. The summed E-state index contributed by atoms with van der Waals surface area (Å²) in [5.74, 6) is 0.778. The first-order valence-corrected chi connectivity index (χ1v) is 7.40. The number of fused-ring (bicyclic) bond motifs is 1. The van der Waals surface area contributed by atoms with E-state index in [0.29, 0.717) is 5.82 Å². The van der Waals surface area contributed by atoms with Crippen molar-refractivity contribution >= 4 is 28.3 Å². The number of hydrogen-bond acceptors (Lipinski definition) is 7. The van der Waals surface area contributed by atoms with Crippen molar-refractivity contribution in [2.45, 2.75) is 6.92 Å². The fraction of sp³-hybridized carbons (Fsp3) is 0.0714. The average Bonchev–Trinajstić information content (AvgIpc) is 3.13. The van der Waals surface area contributed by atoms with E-state index in [1.807, 2.05) is 37.3 Å². The van der Waals surface area contributed by atoms with Gasteiger partial charge in [0.1, 0.15) is 5.52 Å². The van der Waals surface area contributed by atoms with Crippen LogP contribution in [0.15, 0.2) is 36.5 Å². The topological polar surface area (TPSA) is 95.4 Å². The van der Waals surface area contributed by atoms with Crippen LogP contribution < -0.4 is 5.73 Å². The minimum atomic E-state index is 0.193. The summed E-state index contributed by atoms with van der Waals surface area (Å²) < 4.78 is 1.66. The summed E-state index contributed by atoms with van der Waals surface area (Å²) in [5.41, 5.74) is 8.25. The van der Waals surface area contributed by atoms with Crippen LogP contribution in [0, 0.1) is 6.92 Å². The Morgan fingerprint density at radius 3 is 2.86 bits per heavy atom. The second kappa shape index (κ2) is 4.85. The second-order valence-corrected chi connectivity index (χ2v) is 5.94. The molecule has 0 radical (unpaired) electrons. The van der Waals surface area contributed by atoms with Crippen LogP contribution in [-0.4, -0.2) is 29.9 Å². The number of nitrogens with zero attached hydrogens (tertiary/aromatic N) is 6. The van der Waals surface area contributed by atoms with Crippen molar-refractivity contribution in [1.29, 1.82) is 0 Å². The van der Waals surface area contributed by atoms with Crippen LogP contribution in [0.1, 0.15) is 5.01 Å². The lowest BCUT2D eigenvalue weighted by Gasteiger charge is -2.04. The van der Waals surface area contributed by atoms with Crippen LogP contribution in [-0.2, 0) is 0 Å². The SMILES string of the molecule is Cc1ncc(-c2cc(-n3nnc4ccccc43)nc(N)n2)s1. The van der Waals surface area contributed by atoms with Crippen LogP contribution in [0.25, 0.3) is 27.4 Å². The molecular formula is C14H11N7S. The molecule has 2 N–H and O–H groups in total. The molecule has 3 heterocycles. The zero-order chi connectivity index (χ0) is 15.1. The third-order valence-corrected chi connectivity index (χ3v) is 4.11. The van der Waals surface area contributed by atoms with E-state index < -0.39 is 0 Å². The molecular weight excluding hydrogens is 298 g/mol. The number of aromatic nitrogens is 6. The molecule has 0 aliphatic carbocycles. The molecule has 0 saturated carbocycles. The van der Waals surface area contributed by atoms with Crippen molar-refractivity contribution in [3.8, 4) is 16.4 Å². The molecule has 3 aromatic heterocycles. The fourth-order valence-corrected chi connectivity index (χ4v) is 2.94. The van der Waals surface area contributed by atoms with Gasteiger partial charge in [0, 0.05) is 12.3 Å². The first kappa shape index (κ1) is 12.8. The van der Waals surface area contributed by atoms with Crippen molar-refractivity contribution < 1.29 is 0 Å². The summed E-state index contributed by atoms with van der Waals surface area (Å²) in [5, 5.41) is 9.26. The van der Waals surface area contributed by atoms with E-state index in [-0.39, 0.29) is 5.95 Å². The molecule has 0 fully saturated rings. The standard InChI is InChI=1S/C14H11N7S/c1-8-16-7-12(22-8)10-6-13(18-14(15)17-10)21-11-5-3-2-4-9(11)19-20-21/h2-7H,1H3,(H2,15,17,18). The molecule has 0 bridgehead atoms. The zero-order valence-electron chi connectivity index (χ0n) is 11.6. The number of hydrogen-bond donors (Lipinski definition) is 1. The molecule has 0 spiro atoms. The Morgan fingerprint density at radius 1 is 1.18 bits per heavy atom. The third-order valence-electron chi connectivity index (χ3n) is 3.17. The number of aryl methyl sites for hydroxylation is 1. The van der Waals surface area contributed by atoms with E-state index in [9.17, 15) is 0 Å². The van der Waals surface area contributed by atoms with Gasteiger partial charge in [-0.15, -0.1) is 16.4 Å². The molecule has 4 rings (SSSR count). The van der Waals surface area contributed by atoms with Crippen molar-refractivity contribution in [3.05, 3.63) is 41.5 Å². The molecule has 0 aliphatic rings. The average molecular weight is 309 g/mol. The monoisotopic (exact) mass is 309 g/mol. The van der Waals surface area contributed by atoms with Gasteiger partial charge in [-0.2, -0.15) is 9.67 Å².